The molecule has 0 aliphatic carbocycles. The highest BCUT2D eigenvalue weighted by Gasteiger charge is 2.35. The summed E-state index contributed by atoms with van der Waals surface area (Å²) in [5.74, 6) is -0.215. The van der Waals surface area contributed by atoms with Crippen LogP contribution in [0.3, 0.4) is 0 Å². The third-order valence-electron chi connectivity index (χ3n) is 3.35. The van der Waals surface area contributed by atoms with Gasteiger partial charge in [-0.25, -0.2) is 0 Å². The van der Waals surface area contributed by atoms with E-state index in [1.54, 1.807) is 4.90 Å². The average molecular weight is 260 g/mol. The Balaban J connectivity index is 1.78. The number of hydrogen-bond acceptors (Lipinski definition) is 4. The van der Waals surface area contributed by atoms with Gasteiger partial charge in [0.1, 0.15) is 0 Å². The van der Waals surface area contributed by atoms with E-state index in [9.17, 15) is 14.9 Å². The summed E-state index contributed by atoms with van der Waals surface area (Å²) in [5.41, 5.74) is 1.97. The lowest BCUT2D eigenvalue weighted by Crippen LogP contribution is -2.31. The number of hydrogen-bond donors (Lipinski definition) is 0. The van der Waals surface area contributed by atoms with Crippen molar-refractivity contribution in [3.05, 3.63) is 51.8 Å². The normalized spacial score (nSPS) is 20.7. The number of nitrogens with zero attached hydrogens (tertiary/aromatic N) is 2. The molecule has 3 rings (SSSR count). The molecule has 0 spiro atoms. The first kappa shape index (κ1) is 11.7. The minimum absolute atomic E-state index is 0.0819. The van der Waals surface area contributed by atoms with Crippen LogP contribution in [0.4, 0.5) is 5.69 Å². The van der Waals surface area contributed by atoms with Gasteiger partial charge in [0.25, 0.3) is 5.91 Å². The number of benzene rings is 1. The second-order valence-corrected chi connectivity index (χ2v) is 4.50. The fourth-order valence-corrected chi connectivity index (χ4v) is 2.40. The molecule has 2 aliphatic rings. The molecular formula is C13H12N2O4. The molecule has 0 radical (unpaired) electrons. The first-order valence-electron chi connectivity index (χ1n) is 6.07. The van der Waals surface area contributed by atoms with Crippen LogP contribution in [0, 0.1) is 10.1 Å². The van der Waals surface area contributed by atoms with Crippen molar-refractivity contribution in [3.8, 4) is 0 Å². The van der Waals surface area contributed by atoms with E-state index in [0.717, 1.165) is 17.7 Å². The highest BCUT2D eigenvalue weighted by atomic mass is 16.7. The van der Waals surface area contributed by atoms with Crippen LogP contribution in [0.1, 0.15) is 12.0 Å². The number of amides is 1. The Morgan fingerprint density at radius 3 is 2.95 bits per heavy atom. The molecule has 0 N–H and O–H groups in total. The summed E-state index contributed by atoms with van der Waals surface area (Å²) in [4.78, 5) is 24.0. The highest BCUT2D eigenvalue weighted by Crippen LogP contribution is 2.30. The summed E-state index contributed by atoms with van der Waals surface area (Å²) >= 11 is 0. The number of ether oxygens (including phenoxy) is 1. The van der Waals surface area contributed by atoms with Crippen molar-refractivity contribution in [2.45, 2.75) is 19.1 Å². The standard InChI is InChI=1S/C13H12N2O4/c16-13(11-5-6-12(19-11)15(17)18)14-8-7-9-3-1-2-4-10(9)14/h1-5,12H,6-8H2. The van der Waals surface area contributed by atoms with Gasteiger partial charge in [-0.05, 0) is 24.1 Å². The summed E-state index contributed by atoms with van der Waals surface area (Å²) in [7, 11) is 0. The molecule has 1 atom stereocenters. The van der Waals surface area contributed by atoms with E-state index in [-0.39, 0.29) is 18.1 Å². The quantitative estimate of drug-likeness (QED) is 0.596. The maximum Gasteiger partial charge on any atom is 0.357 e. The van der Waals surface area contributed by atoms with Crippen molar-refractivity contribution in [2.24, 2.45) is 0 Å². The van der Waals surface area contributed by atoms with E-state index >= 15 is 0 Å². The van der Waals surface area contributed by atoms with Gasteiger partial charge in [0.15, 0.2) is 5.76 Å². The molecule has 98 valence electrons. The van der Waals surface area contributed by atoms with E-state index in [2.05, 4.69) is 0 Å². The van der Waals surface area contributed by atoms with Crippen LogP contribution in [0.15, 0.2) is 36.1 Å². The van der Waals surface area contributed by atoms with Crippen molar-refractivity contribution in [3.63, 3.8) is 0 Å². The van der Waals surface area contributed by atoms with Gasteiger partial charge < -0.3 is 9.64 Å². The number of fused-ring (bicyclic) bond motifs is 1. The van der Waals surface area contributed by atoms with Gasteiger partial charge in [-0.2, -0.15) is 0 Å². The van der Waals surface area contributed by atoms with E-state index in [1.165, 1.54) is 6.08 Å². The Morgan fingerprint density at radius 1 is 1.42 bits per heavy atom. The Labute approximate surface area is 109 Å². The highest BCUT2D eigenvalue weighted by molar-refractivity contribution is 6.05. The van der Waals surface area contributed by atoms with Crippen LogP contribution in [0.25, 0.3) is 0 Å². The van der Waals surface area contributed by atoms with E-state index in [0.29, 0.717) is 6.54 Å². The number of carbonyl (C=O) groups excluding carboxylic acids is 1. The first-order valence-corrected chi connectivity index (χ1v) is 6.07. The molecule has 2 aliphatic heterocycles. The molecule has 0 bridgehead atoms. The van der Waals surface area contributed by atoms with Gasteiger partial charge in [-0.1, -0.05) is 18.2 Å². The molecule has 1 aromatic carbocycles. The van der Waals surface area contributed by atoms with Crippen LogP contribution in [0.5, 0.6) is 0 Å². The largest absolute Gasteiger partial charge is 0.424 e. The molecule has 1 unspecified atom stereocenters. The summed E-state index contributed by atoms with van der Waals surface area (Å²) < 4.78 is 5.08. The zero-order valence-corrected chi connectivity index (χ0v) is 10.1. The van der Waals surface area contributed by atoms with Crippen LogP contribution < -0.4 is 4.90 Å². The number of carbonyl (C=O) groups is 1. The predicted octanol–water partition coefficient (Wildman–Crippen LogP) is 1.48. The second-order valence-electron chi connectivity index (χ2n) is 4.50. The smallest absolute Gasteiger partial charge is 0.357 e. The summed E-state index contributed by atoms with van der Waals surface area (Å²) in [5, 5.41) is 10.6. The summed E-state index contributed by atoms with van der Waals surface area (Å²) in [6.45, 7) is 0.585. The number of para-hydroxylation sites is 1. The molecule has 1 aromatic rings. The van der Waals surface area contributed by atoms with E-state index < -0.39 is 11.2 Å². The minimum atomic E-state index is -1.13. The van der Waals surface area contributed by atoms with Crippen LogP contribution in [-0.2, 0) is 16.0 Å². The van der Waals surface area contributed by atoms with Gasteiger partial charge in [-0.3, -0.25) is 14.9 Å². The Morgan fingerprint density at radius 2 is 2.21 bits per heavy atom. The zero-order chi connectivity index (χ0) is 13.4. The molecule has 0 fully saturated rings. The Hall–Kier alpha value is -2.37. The average Bonchev–Trinajstić information content (AvgIpc) is 3.05. The van der Waals surface area contributed by atoms with E-state index in [1.807, 2.05) is 24.3 Å². The number of nitro groups is 1. The van der Waals surface area contributed by atoms with Gasteiger partial charge in [0.05, 0.1) is 11.3 Å². The fourth-order valence-electron chi connectivity index (χ4n) is 2.40. The van der Waals surface area contributed by atoms with Gasteiger partial charge in [0.2, 0.25) is 0 Å². The molecular weight excluding hydrogens is 248 g/mol. The zero-order valence-electron chi connectivity index (χ0n) is 10.1. The van der Waals surface area contributed by atoms with Crippen LogP contribution in [0.2, 0.25) is 0 Å². The maximum atomic E-state index is 12.3. The Bertz CT molecular complexity index is 582. The minimum Gasteiger partial charge on any atom is -0.424 e. The topological polar surface area (TPSA) is 72.7 Å². The third kappa shape index (κ3) is 1.95. The SMILES string of the molecule is O=C(C1=CCC([N+](=O)[O-])O1)N1CCc2ccccc21. The van der Waals surface area contributed by atoms with Crippen molar-refractivity contribution in [1.82, 2.24) is 0 Å². The molecule has 0 saturated heterocycles. The molecule has 1 amide bonds. The van der Waals surface area contributed by atoms with Crippen molar-refractivity contribution in [2.75, 3.05) is 11.4 Å². The summed E-state index contributed by atoms with van der Waals surface area (Å²) in [6, 6.07) is 7.65. The van der Waals surface area contributed by atoms with Crippen molar-refractivity contribution < 1.29 is 14.5 Å². The van der Waals surface area contributed by atoms with Crippen LogP contribution in [-0.4, -0.2) is 23.6 Å². The predicted molar refractivity (Wildman–Crippen MR) is 67.1 cm³/mol. The molecule has 19 heavy (non-hydrogen) atoms. The lowest BCUT2D eigenvalue weighted by atomic mass is 10.2. The number of anilines is 1. The molecule has 2 heterocycles. The lowest BCUT2D eigenvalue weighted by molar-refractivity contribution is -0.566. The van der Waals surface area contributed by atoms with E-state index in [4.69, 9.17) is 4.74 Å². The van der Waals surface area contributed by atoms with Crippen molar-refractivity contribution >= 4 is 11.6 Å². The third-order valence-corrected chi connectivity index (χ3v) is 3.35. The van der Waals surface area contributed by atoms with Gasteiger partial charge >= 0.3 is 6.23 Å². The molecule has 6 nitrogen and oxygen atoms in total. The molecule has 0 aromatic heterocycles. The maximum absolute atomic E-state index is 12.3. The molecule has 0 saturated carbocycles. The fraction of sp³-hybridized carbons (Fsp3) is 0.308. The van der Waals surface area contributed by atoms with Crippen LogP contribution >= 0.6 is 0 Å². The summed E-state index contributed by atoms with van der Waals surface area (Å²) in [6.07, 6.45) is 1.31. The number of rotatable bonds is 2. The van der Waals surface area contributed by atoms with Crippen molar-refractivity contribution in [1.29, 1.82) is 0 Å². The lowest BCUT2D eigenvalue weighted by Gasteiger charge is -2.17. The molecule has 6 heteroatoms. The first-order chi connectivity index (χ1) is 9.16. The van der Waals surface area contributed by atoms with Gasteiger partial charge in [0, 0.05) is 12.2 Å². The van der Waals surface area contributed by atoms with Gasteiger partial charge in [-0.15, -0.1) is 0 Å². The second kappa shape index (κ2) is 4.38. The Kier molecular flexibility index (Phi) is 2.70. The monoisotopic (exact) mass is 260 g/mol.